The Labute approximate surface area is 120 Å². The maximum absolute atomic E-state index is 10.6. The van der Waals surface area contributed by atoms with Gasteiger partial charge in [0.1, 0.15) is 0 Å². The average molecular weight is 268 g/mol. The molecule has 0 aromatic heterocycles. The zero-order valence-corrected chi connectivity index (χ0v) is 11.8. The summed E-state index contributed by atoms with van der Waals surface area (Å²) >= 11 is 0. The SMILES string of the molecule is CCOC(=O)C1CC1.c1ccc(-c2ccccc2)cc1. The van der Waals surface area contributed by atoms with Gasteiger partial charge in [0.05, 0.1) is 12.5 Å². The molecule has 20 heavy (non-hydrogen) atoms. The molecule has 1 aliphatic carbocycles. The predicted molar refractivity (Wildman–Crippen MR) is 81.2 cm³/mol. The lowest BCUT2D eigenvalue weighted by atomic mass is 10.1. The van der Waals surface area contributed by atoms with Gasteiger partial charge in [-0.25, -0.2) is 0 Å². The van der Waals surface area contributed by atoms with Gasteiger partial charge in [0.15, 0.2) is 0 Å². The maximum atomic E-state index is 10.6. The average Bonchev–Trinajstić information content (AvgIpc) is 3.35. The highest BCUT2D eigenvalue weighted by Crippen LogP contribution is 2.29. The molecule has 0 aliphatic heterocycles. The summed E-state index contributed by atoms with van der Waals surface area (Å²) in [5.74, 6) is 0.252. The first-order valence-electron chi connectivity index (χ1n) is 7.08. The topological polar surface area (TPSA) is 26.3 Å². The number of ether oxygens (including phenoxy) is 1. The van der Waals surface area contributed by atoms with Crippen LogP contribution in [0.2, 0.25) is 0 Å². The standard InChI is InChI=1S/C12H10.C6H10O2/c1-3-7-11(8-4-1)12-9-5-2-6-10-12;1-2-8-6(7)5-3-4-5/h1-10H;5H,2-4H2,1H3. The molecule has 2 aromatic carbocycles. The molecule has 0 radical (unpaired) electrons. The summed E-state index contributed by atoms with van der Waals surface area (Å²) < 4.78 is 4.73. The second-order valence-electron chi connectivity index (χ2n) is 4.76. The van der Waals surface area contributed by atoms with E-state index in [0.717, 1.165) is 12.8 Å². The molecule has 0 spiro atoms. The number of hydrogen-bond donors (Lipinski definition) is 0. The highest BCUT2D eigenvalue weighted by molar-refractivity contribution is 5.74. The Kier molecular flexibility index (Phi) is 5.36. The Balaban J connectivity index is 0.000000160. The number of rotatable bonds is 3. The summed E-state index contributed by atoms with van der Waals surface area (Å²) in [5, 5.41) is 0. The van der Waals surface area contributed by atoms with Crippen LogP contribution in [-0.4, -0.2) is 12.6 Å². The van der Waals surface area contributed by atoms with E-state index < -0.39 is 0 Å². The lowest BCUT2D eigenvalue weighted by Gasteiger charge is -1.98. The molecule has 1 fully saturated rings. The number of carbonyl (C=O) groups excluding carboxylic acids is 1. The molecular formula is C18H20O2. The van der Waals surface area contributed by atoms with Crippen LogP contribution >= 0.6 is 0 Å². The largest absolute Gasteiger partial charge is 0.466 e. The van der Waals surface area contributed by atoms with Crippen LogP contribution < -0.4 is 0 Å². The summed E-state index contributed by atoms with van der Waals surface area (Å²) in [5.41, 5.74) is 2.55. The van der Waals surface area contributed by atoms with E-state index in [1.54, 1.807) is 0 Å². The Morgan fingerprint density at radius 3 is 1.75 bits per heavy atom. The lowest BCUT2D eigenvalue weighted by molar-refractivity contribution is -0.144. The van der Waals surface area contributed by atoms with Crippen LogP contribution in [0.25, 0.3) is 11.1 Å². The molecule has 104 valence electrons. The quantitative estimate of drug-likeness (QED) is 0.775. The second-order valence-corrected chi connectivity index (χ2v) is 4.76. The molecule has 0 unspecified atom stereocenters. The van der Waals surface area contributed by atoms with E-state index in [2.05, 4.69) is 48.5 Å². The summed E-state index contributed by atoms with van der Waals surface area (Å²) in [6.07, 6.45) is 2.08. The van der Waals surface area contributed by atoms with Crippen LogP contribution in [0.3, 0.4) is 0 Å². The number of benzene rings is 2. The Morgan fingerprint density at radius 2 is 1.40 bits per heavy atom. The van der Waals surface area contributed by atoms with E-state index in [1.165, 1.54) is 11.1 Å². The molecule has 2 nitrogen and oxygen atoms in total. The minimum absolute atomic E-state index is 0.00694. The summed E-state index contributed by atoms with van der Waals surface area (Å²) in [7, 11) is 0. The van der Waals surface area contributed by atoms with Crippen molar-refractivity contribution in [3.63, 3.8) is 0 Å². The molecule has 0 heterocycles. The van der Waals surface area contributed by atoms with Gasteiger partial charge in [-0.1, -0.05) is 60.7 Å². The van der Waals surface area contributed by atoms with Gasteiger partial charge in [-0.2, -0.15) is 0 Å². The van der Waals surface area contributed by atoms with Crippen molar-refractivity contribution in [2.24, 2.45) is 5.92 Å². The zero-order chi connectivity index (χ0) is 14.2. The Morgan fingerprint density at radius 1 is 0.950 bits per heavy atom. The van der Waals surface area contributed by atoms with Crippen LogP contribution in [0.5, 0.6) is 0 Å². The Bertz CT molecular complexity index is 478. The van der Waals surface area contributed by atoms with Crippen LogP contribution in [0.4, 0.5) is 0 Å². The normalized spacial score (nSPS) is 13.1. The summed E-state index contributed by atoms with van der Waals surface area (Å²) in [6.45, 7) is 2.36. The van der Waals surface area contributed by atoms with Crippen molar-refractivity contribution >= 4 is 5.97 Å². The number of carbonyl (C=O) groups is 1. The molecule has 2 heteroatoms. The summed E-state index contributed by atoms with van der Waals surface area (Å²) in [4.78, 5) is 10.6. The van der Waals surface area contributed by atoms with Gasteiger partial charge in [0.25, 0.3) is 0 Å². The van der Waals surface area contributed by atoms with E-state index in [-0.39, 0.29) is 11.9 Å². The van der Waals surface area contributed by atoms with Crippen LogP contribution in [0.1, 0.15) is 19.8 Å². The Hall–Kier alpha value is -2.09. The highest BCUT2D eigenvalue weighted by atomic mass is 16.5. The van der Waals surface area contributed by atoms with E-state index >= 15 is 0 Å². The summed E-state index contributed by atoms with van der Waals surface area (Å²) in [6, 6.07) is 20.8. The van der Waals surface area contributed by atoms with Gasteiger partial charge in [0, 0.05) is 0 Å². The first-order valence-corrected chi connectivity index (χ1v) is 7.08. The third-order valence-corrected chi connectivity index (χ3v) is 3.08. The molecule has 3 rings (SSSR count). The van der Waals surface area contributed by atoms with Gasteiger partial charge in [-0.3, -0.25) is 4.79 Å². The lowest BCUT2D eigenvalue weighted by Crippen LogP contribution is -2.04. The molecule has 0 atom stereocenters. The molecule has 1 aliphatic rings. The van der Waals surface area contributed by atoms with E-state index in [4.69, 9.17) is 4.74 Å². The minimum Gasteiger partial charge on any atom is -0.466 e. The van der Waals surface area contributed by atoms with Crippen molar-refractivity contribution in [3.8, 4) is 11.1 Å². The monoisotopic (exact) mass is 268 g/mol. The van der Waals surface area contributed by atoms with Crippen molar-refractivity contribution in [1.29, 1.82) is 0 Å². The smallest absolute Gasteiger partial charge is 0.308 e. The van der Waals surface area contributed by atoms with Gasteiger partial charge in [-0.15, -0.1) is 0 Å². The fourth-order valence-electron chi connectivity index (χ4n) is 1.84. The molecule has 0 saturated heterocycles. The van der Waals surface area contributed by atoms with Gasteiger partial charge >= 0.3 is 5.97 Å². The van der Waals surface area contributed by atoms with E-state index in [9.17, 15) is 4.79 Å². The molecule has 2 aromatic rings. The van der Waals surface area contributed by atoms with Crippen molar-refractivity contribution in [1.82, 2.24) is 0 Å². The number of esters is 1. The van der Waals surface area contributed by atoms with Crippen molar-refractivity contribution in [2.45, 2.75) is 19.8 Å². The third-order valence-electron chi connectivity index (χ3n) is 3.08. The maximum Gasteiger partial charge on any atom is 0.308 e. The zero-order valence-electron chi connectivity index (χ0n) is 11.8. The highest BCUT2D eigenvalue weighted by Gasteiger charge is 2.30. The first kappa shape index (κ1) is 14.3. The van der Waals surface area contributed by atoms with Gasteiger partial charge in [0.2, 0.25) is 0 Å². The van der Waals surface area contributed by atoms with E-state index in [1.807, 2.05) is 19.1 Å². The minimum atomic E-state index is -0.00694. The van der Waals surface area contributed by atoms with Gasteiger partial charge < -0.3 is 4.74 Å². The second kappa shape index (κ2) is 7.49. The van der Waals surface area contributed by atoms with Gasteiger partial charge in [-0.05, 0) is 30.9 Å². The molecule has 0 bridgehead atoms. The first-order chi connectivity index (χ1) is 9.81. The fourth-order valence-corrected chi connectivity index (χ4v) is 1.84. The molecule has 0 N–H and O–H groups in total. The van der Waals surface area contributed by atoms with E-state index in [0.29, 0.717) is 6.61 Å². The fraction of sp³-hybridized carbons (Fsp3) is 0.278. The van der Waals surface area contributed by atoms with Crippen LogP contribution in [0.15, 0.2) is 60.7 Å². The van der Waals surface area contributed by atoms with Crippen molar-refractivity contribution in [2.75, 3.05) is 6.61 Å². The number of hydrogen-bond acceptors (Lipinski definition) is 2. The third kappa shape index (κ3) is 4.54. The van der Waals surface area contributed by atoms with Crippen LogP contribution in [-0.2, 0) is 9.53 Å². The molecule has 1 saturated carbocycles. The van der Waals surface area contributed by atoms with Crippen LogP contribution in [0, 0.1) is 5.92 Å². The van der Waals surface area contributed by atoms with Crippen molar-refractivity contribution in [3.05, 3.63) is 60.7 Å². The van der Waals surface area contributed by atoms with Crippen molar-refractivity contribution < 1.29 is 9.53 Å². The predicted octanol–water partition coefficient (Wildman–Crippen LogP) is 4.31. The molecular weight excluding hydrogens is 248 g/mol. The molecule has 0 amide bonds.